The van der Waals surface area contributed by atoms with Crippen molar-refractivity contribution in [3.63, 3.8) is 0 Å². The van der Waals surface area contributed by atoms with Crippen LogP contribution in [0.2, 0.25) is 10.0 Å². The van der Waals surface area contributed by atoms with E-state index in [1.165, 1.54) is 6.07 Å². The Morgan fingerprint density at radius 1 is 1.08 bits per heavy atom. The Labute approximate surface area is 226 Å². The molecular weight excluding hydrogens is 540 g/mol. The van der Waals surface area contributed by atoms with E-state index in [4.69, 9.17) is 23.2 Å². The molecule has 1 aliphatic heterocycles. The number of anilines is 2. The number of halogens is 5. The standard InChI is InChI=1S/C26H23Cl2F3N6O/c1-14-24(15(2)36(34-14)13-17-18(27)9-6-10-19(17)28)33-25(38)21-12-23-32-20(16-7-4-3-5-8-16)11-22(26(29,30)31)37(23)35-21/h3-10,12,20,22,32H,11,13H2,1-2H3,(H,33,38)/t20-,22+/m1/s1. The first-order valence-corrected chi connectivity index (χ1v) is 12.5. The van der Waals surface area contributed by atoms with Crippen LogP contribution in [0.5, 0.6) is 0 Å². The molecular formula is C26H23Cl2F3N6O. The molecule has 2 aromatic heterocycles. The zero-order chi connectivity index (χ0) is 27.2. The van der Waals surface area contributed by atoms with Gasteiger partial charge in [-0.05, 0) is 31.5 Å². The number of nitrogens with zero attached hydrogens (tertiary/aromatic N) is 4. The van der Waals surface area contributed by atoms with E-state index in [9.17, 15) is 18.0 Å². The summed E-state index contributed by atoms with van der Waals surface area (Å²) in [5.41, 5.74) is 2.85. The van der Waals surface area contributed by atoms with E-state index in [1.54, 1.807) is 67.1 Å². The van der Waals surface area contributed by atoms with E-state index in [-0.39, 0.29) is 24.5 Å². The first-order chi connectivity index (χ1) is 18.0. The first-order valence-electron chi connectivity index (χ1n) is 11.8. The molecule has 38 heavy (non-hydrogen) atoms. The third kappa shape index (κ3) is 4.98. The maximum atomic E-state index is 14.0. The summed E-state index contributed by atoms with van der Waals surface area (Å²) in [6.07, 6.45) is -4.79. The summed E-state index contributed by atoms with van der Waals surface area (Å²) in [4.78, 5) is 13.1. The highest BCUT2D eigenvalue weighted by Gasteiger charge is 2.46. The van der Waals surface area contributed by atoms with Crippen molar-refractivity contribution in [1.29, 1.82) is 0 Å². The maximum Gasteiger partial charge on any atom is 0.410 e. The van der Waals surface area contributed by atoms with E-state index in [1.807, 2.05) is 0 Å². The van der Waals surface area contributed by atoms with Crippen molar-refractivity contribution in [2.45, 2.75) is 45.1 Å². The third-order valence-corrected chi connectivity index (χ3v) is 7.32. The quantitative estimate of drug-likeness (QED) is 0.275. The van der Waals surface area contributed by atoms with Crippen molar-refractivity contribution in [1.82, 2.24) is 19.6 Å². The van der Waals surface area contributed by atoms with Crippen LogP contribution in [0.1, 0.15) is 51.5 Å². The van der Waals surface area contributed by atoms with Crippen molar-refractivity contribution < 1.29 is 18.0 Å². The molecule has 2 N–H and O–H groups in total. The predicted molar refractivity (Wildman–Crippen MR) is 140 cm³/mol. The minimum atomic E-state index is -4.54. The monoisotopic (exact) mass is 562 g/mol. The van der Waals surface area contributed by atoms with Crippen LogP contribution in [0, 0.1) is 13.8 Å². The van der Waals surface area contributed by atoms with Gasteiger partial charge in [-0.25, -0.2) is 4.68 Å². The third-order valence-electron chi connectivity index (χ3n) is 6.61. The van der Waals surface area contributed by atoms with Gasteiger partial charge in [-0.3, -0.25) is 9.48 Å². The molecule has 4 aromatic rings. The second-order valence-corrected chi connectivity index (χ2v) is 9.93. The summed E-state index contributed by atoms with van der Waals surface area (Å²) in [6, 6.07) is 12.9. The molecule has 0 bridgehead atoms. The maximum absolute atomic E-state index is 14.0. The second kappa shape index (κ2) is 9.99. The van der Waals surface area contributed by atoms with Gasteiger partial charge in [0.25, 0.3) is 5.91 Å². The number of carbonyl (C=O) groups is 1. The van der Waals surface area contributed by atoms with Gasteiger partial charge in [0.15, 0.2) is 11.7 Å². The minimum absolute atomic E-state index is 0.120. The normalized spacial score (nSPS) is 17.1. The predicted octanol–water partition coefficient (Wildman–Crippen LogP) is 6.96. The van der Waals surface area contributed by atoms with E-state index in [0.29, 0.717) is 32.7 Å². The van der Waals surface area contributed by atoms with Gasteiger partial charge in [0.2, 0.25) is 0 Å². The molecule has 0 saturated heterocycles. The lowest BCUT2D eigenvalue weighted by molar-refractivity contribution is -0.173. The topological polar surface area (TPSA) is 76.8 Å². The molecule has 0 radical (unpaired) electrons. The molecule has 0 saturated carbocycles. The van der Waals surface area contributed by atoms with Gasteiger partial charge < -0.3 is 10.6 Å². The Bertz CT molecular complexity index is 1480. The van der Waals surface area contributed by atoms with Crippen molar-refractivity contribution in [3.8, 4) is 0 Å². The molecule has 0 fully saturated rings. The number of hydrogen-bond donors (Lipinski definition) is 2. The number of aryl methyl sites for hydroxylation is 1. The summed E-state index contributed by atoms with van der Waals surface area (Å²) < 4.78 is 44.5. The molecule has 5 rings (SSSR count). The van der Waals surface area contributed by atoms with Crippen molar-refractivity contribution >= 4 is 40.6 Å². The fourth-order valence-corrected chi connectivity index (χ4v) is 5.15. The van der Waals surface area contributed by atoms with Crippen LogP contribution in [0.15, 0.2) is 54.6 Å². The second-order valence-electron chi connectivity index (χ2n) is 9.12. The number of benzene rings is 2. The Morgan fingerprint density at radius 3 is 2.42 bits per heavy atom. The highest BCUT2D eigenvalue weighted by atomic mass is 35.5. The average molecular weight is 563 g/mol. The number of alkyl halides is 3. The summed E-state index contributed by atoms with van der Waals surface area (Å²) >= 11 is 12.6. The van der Waals surface area contributed by atoms with Gasteiger partial charge in [0.05, 0.1) is 29.7 Å². The lowest BCUT2D eigenvalue weighted by Gasteiger charge is -2.33. The molecule has 0 spiro atoms. The number of hydrogen-bond acceptors (Lipinski definition) is 4. The number of aromatic nitrogens is 4. The molecule has 2 atom stereocenters. The van der Waals surface area contributed by atoms with E-state index in [0.717, 1.165) is 10.2 Å². The highest BCUT2D eigenvalue weighted by Crippen LogP contribution is 2.43. The summed E-state index contributed by atoms with van der Waals surface area (Å²) in [5.74, 6) is -0.525. The van der Waals surface area contributed by atoms with Crippen LogP contribution in [0.3, 0.4) is 0 Å². The molecule has 198 valence electrons. The number of nitrogens with one attached hydrogen (secondary N) is 2. The largest absolute Gasteiger partial charge is 0.410 e. The molecule has 0 aliphatic carbocycles. The van der Waals surface area contributed by atoms with Crippen LogP contribution in [0.25, 0.3) is 0 Å². The molecule has 12 heteroatoms. The summed E-state index contributed by atoms with van der Waals surface area (Å²) in [7, 11) is 0. The van der Waals surface area contributed by atoms with Crippen LogP contribution in [-0.4, -0.2) is 31.6 Å². The average Bonchev–Trinajstić information content (AvgIpc) is 3.42. The number of amides is 1. The van der Waals surface area contributed by atoms with Crippen molar-refractivity contribution in [2.75, 3.05) is 10.6 Å². The number of fused-ring (bicyclic) bond motifs is 1. The van der Waals surface area contributed by atoms with Gasteiger partial charge in [-0.15, -0.1) is 0 Å². The zero-order valence-electron chi connectivity index (χ0n) is 20.4. The van der Waals surface area contributed by atoms with Crippen LogP contribution >= 0.6 is 23.2 Å². The zero-order valence-corrected chi connectivity index (χ0v) is 21.9. The van der Waals surface area contributed by atoms with Gasteiger partial charge in [-0.1, -0.05) is 59.6 Å². The molecule has 1 amide bonds. The van der Waals surface area contributed by atoms with Gasteiger partial charge in [0, 0.05) is 28.1 Å². The van der Waals surface area contributed by atoms with E-state index < -0.39 is 24.2 Å². The number of rotatable bonds is 5. The molecule has 3 heterocycles. The van der Waals surface area contributed by atoms with Crippen LogP contribution < -0.4 is 10.6 Å². The van der Waals surface area contributed by atoms with Crippen LogP contribution in [0.4, 0.5) is 24.7 Å². The lowest BCUT2D eigenvalue weighted by Crippen LogP contribution is -2.35. The fourth-order valence-electron chi connectivity index (χ4n) is 4.63. The molecule has 7 nitrogen and oxygen atoms in total. The highest BCUT2D eigenvalue weighted by molar-refractivity contribution is 6.36. The molecule has 0 unspecified atom stereocenters. The fraction of sp³-hybridized carbons (Fsp3) is 0.269. The summed E-state index contributed by atoms with van der Waals surface area (Å²) in [5, 5.41) is 15.4. The van der Waals surface area contributed by atoms with Crippen molar-refractivity contribution in [2.24, 2.45) is 0 Å². The Hall–Kier alpha value is -3.50. The van der Waals surface area contributed by atoms with E-state index >= 15 is 0 Å². The summed E-state index contributed by atoms with van der Waals surface area (Å²) in [6.45, 7) is 3.76. The Balaban J connectivity index is 1.41. The van der Waals surface area contributed by atoms with Crippen LogP contribution in [-0.2, 0) is 6.54 Å². The van der Waals surface area contributed by atoms with Crippen molar-refractivity contribution in [3.05, 3.63) is 92.9 Å². The Kier molecular flexibility index (Phi) is 6.87. The minimum Gasteiger partial charge on any atom is -0.363 e. The first kappa shape index (κ1) is 26.1. The van der Waals surface area contributed by atoms with Gasteiger partial charge >= 0.3 is 6.18 Å². The lowest BCUT2D eigenvalue weighted by atomic mass is 9.97. The SMILES string of the molecule is Cc1nn(Cc2c(Cl)cccc2Cl)c(C)c1NC(=O)c1cc2n(n1)[C@H](C(F)(F)F)C[C@H](c1ccccc1)N2. The Morgan fingerprint density at radius 2 is 1.76 bits per heavy atom. The molecule has 2 aromatic carbocycles. The number of carbonyl (C=O) groups excluding carboxylic acids is 1. The van der Waals surface area contributed by atoms with E-state index in [2.05, 4.69) is 20.8 Å². The smallest absolute Gasteiger partial charge is 0.363 e. The van der Waals surface area contributed by atoms with Gasteiger partial charge in [-0.2, -0.15) is 23.4 Å². The van der Waals surface area contributed by atoms with Gasteiger partial charge in [0.1, 0.15) is 5.82 Å². The molecule has 1 aliphatic rings.